The van der Waals surface area contributed by atoms with Gasteiger partial charge in [0.15, 0.2) is 0 Å². The van der Waals surface area contributed by atoms with E-state index in [1.807, 2.05) is 26.0 Å². The zero-order valence-corrected chi connectivity index (χ0v) is 17.6. The van der Waals surface area contributed by atoms with Crippen molar-refractivity contribution in [2.75, 3.05) is 13.2 Å². The number of aromatic amines is 1. The first kappa shape index (κ1) is 19.6. The number of amides is 1. The van der Waals surface area contributed by atoms with E-state index < -0.39 is 6.04 Å². The molecular weight excluding hydrogens is 394 g/mol. The summed E-state index contributed by atoms with van der Waals surface area (Å²) in [5.41, 5.74) is 4.92. The van der Waals surface area contributed by atoms with Crippen LogP contribution in [0.1, 0.15) is 51.6 Å². The molecule has 2 aliphatic heterocycles. The molecule has 2 unspecified atom stereocenters. The Kier molecular flexibility index (Phi) is 4.70. The van der Waals surface area contributed by atoms with Crippen molar-refractivity contribution in [1.82, 2.24) is 15.1 Å². The van der Waals surface area contributed by atoms with Crippen LogP contribution in [0.2, 0.25) is 0 Å². The van der Waals surface area contributed by atoms with Gasteiger partial charge < -0.3 is 19.8 Å². The summed E-state index contributed by atoms with van der Waals surface area (Å²) in [4.78, 5) is 15.2. The summed E-state index contributed by atoms with van der Waals surface area (Å²) in [5.74, 6) is 0.114. The molecule has 3 N–H and O–H groups in total. The Morgan fingerprint density at radius 2 is 2.06 bits per heavy atom. The average molecular weight is 419 g/mol. The molecule has 1 saturated heterocycles. The van der Waals surface area contributed by atoms with Crippen molar-refractivity contribution in [2.45, 2.75) is 38.8 Å². The Bertz CT molecular complexity index is 1140. The van der Waals surface area contributed by atoms with Crippen molar-refractivity contribution >= 4 is 5.91 Å². The monoisotopic (exact) mass is 419 g/mol. The fourth-order valence-electron chi connectivity index (χ4n) is 4.88. The minimum Gasteiger partial charge on any atom is -0.508 e. The van der Waals surface area contributed by atoms with E-state index in [1.54, 1.807) is 29.2 Å². The van der Waals surface area contributed by atoms with Crippen LogP contribution in [0.5, 0.6) is 11.5 Å². The third kappa shape index (κ3) is 3.25. The van der Waals surface area contributed by atoms with Gasteiger partial charge in [-0.3, -0.25) is 9.89 Å². The largest absolute Gasteiger partial charge is 0.508 e. The number of H-pyrrole nitrogens is 1. The molecule has 2 aliphatic rings. The normalized spacial score (nSPS) is 20.5. The van der Waals surface area contributed by atoms with E-state index in [-0.39, 0.29) is 23.5 Å². The Morgan fingerprint density at radius 1 is 1.23 bits per heavy atom. The van der Waals surface area contributed by atoms with Gasteiger partial charge in [0.25, 0.3) is 5.91 Å². The highest BCUT2D eigenvalue weighted by molar-refractivity contribution is 6.00. The standard InChI is InChI=1S/C24H25N3O4/c1-13-9-14(2)19(18(29)10-13)21-20-22(26-25-21)24(30)27(12-17-7-4-8-31-17)23(20)15-5-3-6-16(28)11-15/h3,5-6,9-11,17,23,28-29H,4,7-8,12H2,1-2H3,(H,25,26). The summed E-state index contributed by atoms with van der Waals surface area (Å²) in [7, 11) is 0. The molecule has 5 rings (SSSR count). The summed E-state index contributed by atoms with van der Waals surface area (Å²) < 4.78 is 5.80. The van der Waals surface area contributed by atoms with E-state index in [0.29, 0.717) is 30.1 Å². The number of nitrogens with zero attached hydrogens (tertiary/aromatic N) is 2. The second-order valence-electron chi connectivity index (χ2n) is 8.43. The van der Waals surface area contributed by atoms with Crippen LogP contribution in [0.25, 0.3) is 11.3 Å². The van der Waals surface area contributed by atoms with Crippen LogP contribution in [-0.2, 0) is 4.74 Å². The summed E-state index contributed by atoms with van der Waals surface area (Å²) >= 11 is 0. The number of fused-ring (bicyclic) bond motifs is 1. The molecule has 0 aliphatic carbocycles. The lowest BCUT2D eigenvalue weighted by Gasteiger charge is -2.28. The molecule has 0 spiro atoms. The van der Waals surface area contributed by atoms with Crippen molar-refractivity contribution in [3.05, 3.63) is 64.3 Å². The van der Waals surface area contributed by atoms with E-state index in [4.69, 9.17) is 4.74 Å². The highest BCUT2D eigenvalue weighted by Crippen LogP contribution is 2.46. The number of hydrogen-bond acceptors (Lipinski definition) is 5. The molecule has 0 saturated carbocycles. The first-order valence-electron chi connectivity index (χ1n) is 10.5. The molecule has 3 aromatic rings. The number of aryl methyl sites for hydroxylation is 2. The maximum Gasteiger partial charge on any atom is 0.273 e. The van der Waals surface area contributed by atoms with Crippen LogP contribution >= 0.6 is 0 Å². The number of benzene rings is 2. The predicted molar refractivity (Wildman–Crippen MR) is 115 cm³/mol. The predicted octanol–water partition coefficient (Wildman–Crippen LogP) is 3.83. The van der Waals surface area contributed by atoms with E-state index >= 15 is 0 Å². The van der Waals surface area contributed by atoms with Gasteiger partial charge in [0.2, 0.25) is 0 Å². The number of phenols is 2. The van der Waals surface area contributed by atoms with Crippen molar-refractivity contribution in [3.63, 3.8) is 0 Å². The lowest BCUT2D eigenvalue weighted by molar-refractivity contribution is 0.0495. The first-order valence-corrected chi connectivity index (χ1v) is 10.5. The Labute approximate surface area is 180 Å². The van der Waals surface area contributed by atoms with Crippen LogP contribution in [0, 0.1) is 13.8 Å². The SMILES string of the molecule is Cc1cc(C)c(-c2n[nH]c3c2C(c2cccc(O)c2)N(CC2CCCO2)C3=O)c(O)c1. The van der Waals surface area contributed by atoms with Gasteiger partial charge in [-0.15, -0.1) is 0 Å². The van der Waals surface area contributed by atoms with E-state index in [0.717, 1.165) is 35.1 Å². The van der Waals surface area contributed by atoms with Gasteiger partial charge in [0.1, 0.15) is 22.9 Å². The van der Waals surface area contributed by atoms with Crippen molar-refractivity contribution < 1.29 is 19.7 Å². The van der Waals surface area contributed by atoms with Crippen LogP contribution in [-0.4, -0.2) is 50.5 Å². The van der Waals surface area contributed by atoms with Crippen molar-refractivity contribution in [2.24, 2.45) is 0 Å². The minimum absolute atomic E-state index is 0.0151. The van der Waals surface area contributed by atoms with E-state index in [2.05, 4.69) is 10.2 Å². The van der Waals surface area contributed by atoms with Gasteiger partial charge in [-0.1, -0.05) is 18.2 Å². The number of aromatic hydroxyl groups is 2. The maximum absolute atomic E-state index is 13.4. The fraction of sp³-hybridized carbons (Fsp3) is 0.333. The molecule has 31 heavy (non-hydrogen) atoms. The number of ether oxygens (including phenoxy) is 1. The van der Waals surface area contributed by atoms with Gasteiger partial charge >= 0.3 is 0 Å². The van der Waals surface area contributed by atoms with Gasteiger partial charge in [-0.05, 0) is 61.6 Å². The molecule has 1 aromatic heterocycles. The topological polar surface area (TPSA) is 98.7 Å². The maximum atomic E-state index is 13.4. The summed E-state index contributed by atoms with van der Waals surface area (Å²) in [6.07, 6.45) is 1.88. The van der Waals surface area contributed by atoms with Gasteiger partial charge in [0, 0.05) is 24.3 Å². The van der Waals surface area contributed by atoms with Crippen molar-refractivity contribution in [1.29, 1.82) is 0 Å². The molecular formula is C24H25N3O4. The molecule has 0 bridgehead atoms. The van der Waals surface area contributed by atoms with Crippen molar-refractivity contribution in [3.8, 4) is 22.8 Å². The second-order valence-corrected chi connectivity index (χ2v) is 8.43. The molecule has 7 heteroatoms. The molecule has 2 aromatic carbocycles. The Balaban J connectivity index is 1.67. The number of phenolic OH excluding ortho intramolecular Hbond substituents is 2. The molecule has 0 radical (unpaired) electrons. The van der Waals surface area contributed by atoms with Gasteiger partial charge in [0.05, 0.1) is 12.1 Å². The zero-order chi connectivity index (χ0) is 21.7. The first-order chi connectivity index (χ1) is 14.9. The molecule has 1 amide bonds. The summed E-state index contributed by atoms with van der Waals surface area (Å²) in [6, 6.07) is 10.2. The lowest BCUT2D eigenvalue weighted by Crippen LogP contribution is -2.36. The van der Waals surface area contributed by atoms with Crippen LogP contribution in [0.3, 0.4) is 0 Å². The zero-order valence-electron chi connectivity index (χ0n) is 17.6. The molecule has 2 atom stereocenters. The number of hydrogen-bond donors (Lipinski definition) is 3. The van der Waals surface area contributed by atoms with Gasteiger partial charge in [-0.2, -0.15) is 5.10 Å². The summed E-state index contributed by atoms with van der Waals surface area (Å²) in [5, 5.41) is 28.2. The number of nitrogens with one attached hydrogen (secondary N) is 1. The van der Waals surface area contributed by atoms with Crippen LogP contribution in [0.4, 0.5) is 0 Å². The molecule has 160 valence electrons. The lowest BCUT2D eigenvalue weighted by atomic mass is 9.93. The quantitative estimate of drug-likeness (QED) is 0.597. The molecule has 7 nitrogen and oxygen atoms in total. The molecule has 1 fully saturated rings. The number of carbonyl (C=O) groups is 1. The highest BCUT2D eigenvalue weighted by Gasteiger charge is 2.44. The van der Waals surface area contributed by atoms with Gasteiger partial charge in [-0.25, -0.2) is 0 Å². The fourth-order valence-corrected chi connectivity index (χ4v) is 4.88. The van der Waals surface area contributed by atoms with Crippen LogP contribution in [0.15, 0.2) is 36.4 Å². The van der Waals surface area contributed by atoms with E-state index in [1.165, 1.54) is 0 Å². The smallest absolute Gasteiger partial charge is 0.273 e. The van der Waals surface area contributed by atoms with E-state index in [9.17, 15) is 15.0 Å². The Morgan fingerprint density at radius 3 is 2.77 bits per heavy atom. The Hall–Kier alpha value is -3.32. The molecule has 3 heterocycles. The summed E-state index contributed by atoms with van der Waals surface area (Å²) in [6.45, 7) is 5.01. The highest BCUT2D eigenvalue weighted by atomic mass is 16.5. The number of carbonyl (C=O) groups excluding carboxylic acids is 1. The number of aromatic nitrogens is 2. The minimum atomic E-state index is -0.437. The van der Waals surface area contributed by atoms with Crippen LogP contribution < -0.4 is 0 Å². The third-order valence-electron chi connectivity index (χ3n) is 6.17. The second kappa shape index (κ2) is 7.42. The third-order valence-corrected chi connectivity index (χ3v) is 6.17. The number of rotatable bonds is 4. The average Bonchev–Trinajstić information content (AvgIpc) is 3.42.